The number of nitro groups is 1. The number of carbonyl (C=O) groups is 1. The summed E-state index contributed by atoms with van der Waals surface area (Å²) < 4.78 is 5.39. The monoisotopic (exact) mass is 364 g/mol. The number of nitrogens with zero attached hydrogens (tertiary/aromatic N) is 2. The van der Waals surface area contributed by atoms with E-state index in [0.717, 1.165) is 16.3 Å². The van der Waals surface area contributed by atoms with Crippen molar-refractivity contribution < 1.29 is 14.5 Å². The summed E-state index contributed by atoms with van der Waals surface area (Å²) in [5, 5.41) is 11.5. The summed E-state index contributed by atoms with van der Waals surface area (Å²) in [6, 6.07) is 11.4. The average molecular weight is 365 g/mol. The lowest BCUT2D eigenvalue weighted by atomic mass is 10.2. The number of fused-ring (bicyclic) bond motifs is 1. The Bertz CT molecular complexity index is 799. The molecule has 2 aromatic carbocycles. The van der Waals surface area contributed by atoms with Crippen molar-refractivity contribution in [3.05, 3.63) is 57.6 Å². The van der Waals surface area contributed by atoms with E-state index < -0.39 is 4.92 Å². The van der Waals surface area contributed by atoms with E-state index >= 15 is 0 Å². The quantitative estimate of drug-likeness (QED) is 0.610. The van der Waals surface area contributed by atoms with Crippen molar-refractivity contribution in [3.8, 4) is 5.75 Å². The molecule has 1 aliphatic rings. The van der Waals surface area contributed by atoms with E-state index in [1.807, 2.05) is 6.07 Å². The van der Waals surface area contributed by atoms with Crippen LogP contribution < -0.4 is 9.64 Å². The summed E-state index contributed by atoms with van der Waals surface area (Å²) in [6.07, 6.45) is 0. The molecule has 6 nitrogen and oxygen atoms in total. The predicted molar refractivity (Wildman–Crippen MR) is 93.1 cm³/mol. The number of anilines is 1. The van der Waals surface area contributed by atoms with Gasteiger partial charge in [0, 0.05) is 28.3 Å². The average Bonchev–Trinajstić information content (AvgIpc) is 2.59. The minimum atomic E-state index is -0.535. The number of halogens is 1. The molecule has 0 spiro atoms. The van der Waals surface area contributed by atoms with Crippen LogP contribution in [0, 0.1) is 10.1 Å². The van der Waals surface area contributed by atoms with Gasteiger partial charge in [0.2, 0.25) is 0 Å². The molecule has 1 amide bonds. The van der Waals surface area contributed by atoms with Gasteiger partial charge >= 0.3 is 5.69 Å². The van der Waals surface area contributed by atoms with Crippen LogP contribution in [0.5, 0.6) is 5.75 Å². The Morgan fingerprint density at radius 2 is 2.12 bits per heavy atom. The fourth-order valence-electron chi connectivity index (χ4n) is 2.40. The summed E-state index contributed by atoms with van der Waals surface area (Å²) in [4.78, 5) is 25.5. The fraction of sp³-hybridized carbons (Fsp3) is 0.188. The zero-order chi connectivity index (χ0) is 17.1. The first kappa shape index (κ1) is 16.6. The first-order valence-corrected chi connectivity index (χ1v) is 8.51. The van der Waals surface area contributed by atoms with Crippen molar-refractivity contribution in [1.29, 1.82) is 0 Å². The second-order valence-corrected chi connectivity index (χ2v) is 6.59. The largest absolute Gasteiger partial charge is 0.477 e. The second-order valence-electron chi connectivity index (χ2n) is 5.02. The van der Waals surface area contributed by atoms with Gasteiger partial charge in [0.05, 0.1) is 10.6 Å². The maximum absolute atomic E-state index is 12.5. The molecular weight excluding hydrogens is 352 g/mol. The van der Waals surface area contributed by atoms with Crippen molar-refractivity contribution in [3.63, 3.8) is 0 Å². The standard InChI is InChI=1S/C16H13ClN2O4S/c17-11-5-6-15-13(9-11)18(7-8-24-15)16(20)10-23-14-4-2-1-3-12(14)19(21)22/h1-6,9H,7-8,10H2. The molecule has 0 unspecified atom stereocenters. The third-order valence-corrected chi connectivity index (χ3v) is 4.78. The maximum atomic E-state index is 12.5. The minimum absolute atomic E-state index is 0.0774. The van der Waals surface area contributed by atoms with Gasteiger partial charge < -0.3 is 9.64 Å². The maximum Gasteiger partial charge on any atom is 0.310 e. The summed E-state index contributed by atoms with van der Waals surface area (Å²) in [6.45, 7) is 0.262. The Labute approximate surface area is 147 Å². The van der Waals surface area contributed by atoms with Crippen LogP contribution in [0.1, 0.15) is 0 Å². The molecule has 0 fully saturated rings. The molecule has 0 saturated carbocycles. The van der Waals surface area contributed by atoms with E-state index in [1.165, 1.54) is 12.1 Å². The van der Waals surface area contributed by atoms with Crippen LogP contribution >= 0.6 is 23.4 Å². The Balaban J connectivity index is 1.76. The van der Waals surface area contributed by atoms with Crippen LogP contribution in [-0.4, -0.2) is 29.7 Å². The van der Waals surface area contributed by atoms with Gasteiger partial charge in [-0.05, 0) is 24.3 Å². The normalized spacial score (nSPS) is 13.3. The van der Waals surface area contributed by atoms with Gasteiger partial charge in [-0.1, -0.05) is 23.7 Å². The highest BCUT2D eigenvalue weighted by atomic mass is 35.5. The van der Waals surface area contributed by atoms with Crippen molar-refractivity contribution in [2.24, 2.45) is 0 Å². The summed E-state index contributed by atoms with van der Waals surface area (Å²) in [5.41, 5.74) is 0.581. The van der Waals surface area contributed by atoms with Crippen molar-refractivity contribution in [2.75, 3.05) is 23.8 Å². The van der Waals surface area contributed by atoms with Gasteiger partial charge in [0.25, 0.3) is 5.91 Å². The molecule has 0 radical (unpaired) electrons. The Morgan fingerprint density at radius 1 is 1.33 bits per heavy atom. The van der Waals surface area contributed by atoms with Crippen LogP contribution in [0.15, 0.2) is 47.4 Å². The van der Waals surface area contributed by atoms with E-state index in [1.54, 1.807) is 40.9 Å². The number of nitro benzene ring substituents is 1. The van der Waals surface area contributed by atoms with Crippen LogP contribution in [-0.2, 0) is 4.79 Å². The molecule has 0 aliphatic carbocycles. The highest BCUT2D eigenvalue weighted by molar-refractivity contribution is 7.99. The van der Waals surface area contributed by atoms with E-state index in [4.69, 9.17) is 16.3 Å². The van der Waals surface area contributed by atoms with Crippen molar-refractivity contribution >= 4 is 40.6 Å². The SMILES string of the molecule is O=C(COc1ccccc1[N+](=O)[O-])N1CCSc2ccc(Cl)cc21. The van der Waals surface area contributed by atoms with Crippen LogP contribution in [0.4, 0.5) is 11.4 Å². The van der Waals surface area contributed by atoms with Crippen LogP contribution in [0.25, 0.3) is 0 Å². The first-order valence-electron chi connectivity index (χ1n) is 7.15. The first-order chi connectivity index (χ1) is 11.6. The minimum Gasteiger partial charge on any atom is -0.477 e. The Hall–Kier alpha value is -2.25. The molecule has 0 bridgehead atoms. The van der Waals surface area contributed by atoms with Crippen molar-refractivity contribution in [1.82, 2.24) is 0 Å². The van der Waals surface area contributed by atoms with Gasteiger partial charge in [-0.3, -0.25) is 14.9 Å². The molecule has 0 aromatic heterocycles. The number of amides is 1. The Morgan fingerprint density at radius 3 is 2.92 bits per heavy atom. The zero-order valence-corrected chi connectivity index (χ0v) is 14.0. The smallest absolute Gasteiger partial charge is 0.310 e. The highest BCUT2D eigenvalue weighted by Crippen LogP contribution is 2.36. The number of para-hydroxylation sites is 2. The molecule has 8 heteroatoms. The lowest BCUT2D eigenvalue weighted by Crippen LogP contribution is -2.38. The zero-order valence-electron chi connectivity index (χ0n) is 12.5. The van der Waals surface area contributed by atoms with Crippen LogP contribution in [0.3, 0.4) is 0 Å². The van der Waals surface area contributed by atoms with Crippen molar-refractivity contribution in [2.45, 2.75) is 4.90 Å². The number of benzene rings is 2. The fourth-order valence-corrected chi connectivity index (χ4v) is 3.54. The predicted octanol–water partition coefficient (Wildman–Crippen LogP) is 3.77. The Kier molecular flexibility index (Phi) is 4.92. The number of hydrogen-bond donors (Lipinski definition) is 0. The van der Waals surface area contributed by atoms with Gasteiger partial charge in [-0.25, -0.2) is 0 Å². The number of rotatable bonds is 4. The molecule has 0 saturated heterocycles. The van der Waals surface area contributed by atoms with E-state index in [9.17, 15) is 14.9 Å². The summed E-state index contributed by atoms with van der Waals surface area (Å²) >= 11 is 7.68. The molecule has 0 atom stereocenters. The molecule has 3 rings (SSSR count). The van der Waals surface area contributed by atoms with Gasteiger partial charge in [-0.2, -0.15) is 0 Å². The highest BCUT2D eigenvalue weighted by Gasteiger charge is 2.24. The third kappa shape index (κ3) is 3.47. The summed E-state index contributed by atoms with van der Waals surface area (Å²) in [7, 11) is 0. The van der Waals surface area contributed by atoms with E-state index in [0.29, 0.717) is 11.6 Å². The molecule has 1 heterocycles. The number of thioether (sulfide) groups is 1. The third-order valence-electron chi connectivity index (χ3n) is 3.50. The lowest BCUT2D eigenvalue weighted by molar-refractivity contribution is -0.385. The van der Waals surface area contributed by atoms with E-state index in [2.05, 4.69) is 0 Å². The van der Waals surface area contributed by atoms with E-state index in [-0.39, 0.29) is 24.0 Å². The van der Waals surface area contributed by atoms with Gasteiger partial charge in [0.15, 0.2) is 12.4 Å². The lowest BCUT2D eigenvalue weighted by Gasteiger charge is -2.29. The number of carbonyl (C=O) groups excluding carboxylic acids is 1. The number of ether oxygens (including phenoxy) is 1. The molecule has 2 aromatic rings. The van der Waals surface area contributed by atoms with Gasteiger partial charge in [0.1, 0.15) is 0 Å². The second kappa shape index (κ2) is 7.11. The van der Waals surface area contributed by atoms with Gasteiger partial charge in [-0.15, -0.1) is 11.8 Å². The molecule has 124 valence electrons. The molecular formula is C16H13ClN2O4S. The topological polar surface area (TPSA) is 72.7 Å². The molecule has 1 aliphatic heterocycles. The molecule has 0 N–H and O–H groups in total. The number of hydrogen-bond acceptors (Lipinski definition) is 5. The molecule has 24 heavy (non-hydrogen) atoms. The summed E-state index contributed by atoms with van der Waals surface area (Å²) in [5.74, 6) is 0.580. The van der Waals surface area contributed by atoms with Crippen LogP contribution in [0.2, 0.25) is 5.02 Å².